The maximum atomic E-state index is 13.7. The van der Waals surface area contributed by atoms with Crippen LogP contribution in [0.3, 0.4) is 0 Å². The minimum absolute atomic E-state index is 0.254. The standard InChI is InChI=1S/C16H28O5P2S2/c1-6-18-22(17,19-7-2)16(23(24,20-8-3)21-9-4)14-11-10-12-15(13-14)25-5/h10-13,16H,6-9H2,1-5H3. The molecule has 1 atom stereocenters. The number of hydrogen-bond donors (Lipinski definition) is 0. The third kappa shape index (κ3) is 6.15. The molecular formula is C16H28O5P2S2. The summed E-state index contributed by atoms with van der Waals surface area (Å²) in [7, 11) is -3.58. The molecule has 0 N–H and O–H groups in total. The second-order valence-electron chi connectivity index (χ2n) is 4.90. The number of hydrogen-bond acceptors (Lipinski definition) is 7. The maximum Gasteiger partial charge on any atom is 0.347 e. The van der Waals surface area contributed by atoms with Gasteiger partial charge in [-0.3, -0.25) is 4.57 Å². The first kappa shape index (κ1) is 23.3. The largest absolute Gasteiger partial charge is 0.347 e. The van der Waals surface area contributed by atoms with Gasteiger partial charge in [-0.1, -0.05) is 12.1 Å². The molecule has 1 unspecified atom stereocenters. The lowest BCUT2D eigenvalue weighted by atomic mass is 10.2. The summed E-state index contributed by atoms with van der Waals surface area (Å²) < 4.78 is 36.6. The van der Waals surface area contributed by atoms with Crippen molar-refractivity contribution in [3.05, 3.63) is 29.8 Å². The molecule has 0 amide bonds. The van der Waals surface area contributed by atoms with E-state index < -0.39 is 19.5 Å². The van der Waals surface area contributed by atoms with Crippen LogP contribution in [0.4, 0.5) is 0 Å². The number of benzene rings is 1. The van der Waals surface area contributed by atoms with E-state index in [-0.39, 0.29) is 13.2 Å². The molecule has 0 heterocycles. The van der Waals surface area contributed by atoms with Gasteiger partial charge in [-0.25, -0.2) is 0 Å². The van der Waals surface area contributed by atoms with Crippen LogP contribution in [0, 0.1) is 0 Å². The molecular weight excluding hydrogens is 398 g/mol. The summed E-state index contributed by atoms with van der Waals surface area (Å²) in [5.74, 6) is 0. The third-order valence-corrected chi connectivity index (χ3v) is 11.7. The van der Waals surface area contributed by atoms with Crippen molar-refractivity contribution in [2.45, 2.75) is 38.0 Å². The molecule has 1 aromatic rings. The Kier molecular flexibility index (Phi) is 10.5. The van der Waals surface area contributed by atoms with Crippen LogP contribution in [0.5, 0.6) is 0 Å². The van der Waals surface area contributed by atoms with Gasteiger partial charge in [-0.2, -0.15) is 0 Å². The van der Waals surface area contributed by atoms with E-state index in [0.29, 0.717) is 13.2 Å². The van der Waals surface area contributed by atoms with Gasteiger partial charge in [-0.15, -0.1) is 11.8 Å². The molecule has 25 heavy (non-hydrogen) atoms. The summed E-state index contributed by atoms with van der Waals surface area (Å²) in [6, 6.07) is 7.74. The fourth-order valence-electron chi connectivity index (χ4n) is 2.42. The van der Waals surface area contributed by atoms with E-state index in [1.807, 2.05) is 44.4 Å². The van der Waals surface area contributed by atoms with Crippen LogP contribution in [0.1, 0.15) is 38.7 Å². The van der Waals surface area contributed by atoms with E-state index in [1.54, 1.807) is 25.6 Å². The average Bonchev–Trinajstić information content (AvgIpc) is 2.55. The lowest BCUT2D eigenvalue weighted by Crippen LogP contribution is -2.11. The van der Waals surface area contributed by atoms with Crippen molar-refractivity contribution in [3.63, 3.8) is 0 Å². The lowest BCUT2D eigenvalue weighted by Gasteiger charge is -2.34. The van der Waals surface area contributed by atoms with Gasteiger partial charge in [0, 0.05) is 4.90 Å². The van der Waals surface area contributed by atoms with Crippen molar-refractivity contribution < 1.29 is 22.7 Å². The topological polar surface area (TPSA) is 54.0 Å². The fraction of sp³-hybridized carbons (Fsp3) is 0.625. The minimum Gasteiger partial charge on any atom is -0.329 e. The Morgan fingerprint density at radius 3 is 1.96 bits per heavy atom. The Morgan fingerprint density at radius 2 is 1.52 bits per heavy atom. The first-order valence-electron chi connectivity index (χ1n) is 8.32. The molecule has 0 aromatic heterocycles. The first-order chi connectivity index (χ1) is 11.9. The van der Waals surface area contributed by atoms with Crippen molar-refractivity contribution in [3.8, 4) is 0 Å². The summed E-state index contributed by atoms with van der Waals surface area (Å²) in [6.07, 6.45) is 1.99. The highest BCUT2D eigenvalue weighted by atomic mass is 32.5. The summed E-state index contributed by atoms with van der Waals surface area (Å²) in [5, 5.41) is -0.762. The van der Waals surface area contributed by atoms with Crippen LogP contribution in [-0.4, -0.2) is 32.7 Å². The van der Waals surface area contributed by atoms with Gasteiger partial charge in [0.2, 0.25) is 6.49 Å². The first-order valence-corrected chi connectivity index (χ1v) is 13.9. The second kappa shape index (κ2) is 11.2. The van der Waals surface area contributed by atoms with E-state index in [9.17, 15) is 4.57 Å². The van der Waals surface area contributed by atoms with Crippen LogP contribution in [0.2, 0.25) is 0 Å². The molecule has 9 heteroatoms. The van der Waals surface area contributed by atoms with E-state index in [4.69, 9.17) is 29.9 Å². The zero-order chi connectivity index (χ0) is 18.9. The van der Waals surface area contributed by atoms with Crippen molar-refractivity contribution in [1.82, 2.24) is 0 Å². The van der Waals surface area contributed by atoms with Crippen LogP contribution >= 0.6 is 25.8 Å². The molecule has 1 rings (SSSR count). The van der Waals surface area contributed by atoms with Gasteiger partial charge in [0.25, 0.3) is 0 Å². The van der Waals surface area contributed by atoms with Crippen LogP contribution in [0.25, 0.3) is 0 Å². The normalized spacial score (nSPS) is 13.8. The van der Waals surface area contributed by atoms with Gasteiger partial charge in [0.05, 0.1) is 26.4 Å². The van der Waals surface area contributed by atoms with Gasteiger partial charge >= 0.3 is 7.60 Å². The summed E-state index contributed by atoms with van der Waals surface area (Å²) >= 11 is 7.39. The Hall–Kier alpha value is 0.290. The molecule has 144 valence electrons. The van der Waals surface area contributed by atoms with Crippen LogP contribution < -0.4 is 0 Å². The second-order valence-corrected chi connectivity index (χ2v) is 11.9. The average molecular weight is 426 g/mol. The van der Waals surface area contributed by atoms with E-state index in [2.05, 4.69) is 0 Å². The highest BCUT2D eigenvalue weighted by Gasteiger charge is 2.48. The molecule has 5 nitrogen and oxygen atoms in total. The lowest BCUT2D eigenvalue weighted by molar-refractivity contribution is 0.210. The third-order valence-electron chi connectivity index (χ3n) is 3.23. The summed E-state index contributed by atoms with van der Waals surface area (Å²) in [6.45, 7) is 5.56. The summed E-state index contributed by atoms with van der Waals surface area (Å²) in [5.41, 5.74) is 0.766. The highest BCUT2D eigenvalue weighted by molar-refractivity contribution is 8.12. The molecule has 0 aliphatic carbocycles. The molecule has 0 aliphatic rings. The van der Waals surface area contributed by atoms with Crippen molar-refractivity contribution in [2.24, 2.45) is 0 Å². The van der Waals surface area contributed by atoms with Gasteiger partial charge < -0.3 is 18.1 Å². The smallest absolute Gasteiger partial charge is 0.329 e. The van der Waals surface area contributed by atoms with Gasteiger partial charge in [0.1, 0.15) is 0 Å². The molecule has 0 fully saturated rings. The highest BCUT2D eigenvalue weighted by Crippen LogP contribution is 2.78. The molecule has 0 aliphatic heterocycles. The Balaban J connectivity index is 3.58. The molecule has 0 radical (unpaired) electrons. The molecule has 0 spiro atoms. The van der Waals surface area contributed by atoms with Crippen LogP contribution in [-0.2, 0) is 34.5 Å². The minimum atomic E-state index is -3.58. The SMILES string of the molecule is CCOP(=O)(OCC)C(c1cccc(SC)c1)P(=S)(OCC)OCC. The van der Waals surface area contributed by atoms with E-state index >= 15 is 0 Å². The Morgan fingerprint density at radius 1 is 1.00 bits per heavy atom. The molecule has 1 aromatic carbocycles. The zero-order valence-corrected chi connectivity index (χ0v) is 18.9. The Labute approximate surface area is 160 Å². The molecule has 0 saturated carbocycles. The van der Waals surface area contributed by atoms with Crippen molar-refractivity contribution in [1.29, 1.82) is 0 Å². The monoisotopic (exact) mass is 426 g/mol. The predicted molar refractivity (Wildman–Crippen MR) is 109 cm³/mol. The quantitative estimate of drug-likeness (QED) is 0.298. The Bertz CT molecular complexity index is 576. The van der Waals surface area contributed by atoms with E-state index in [0.717, 1.165) is 10.5 Å². The van der Waals surface area contributed by atoms with Gasteiger partial charge in [-0.05, 0) is 63.5 Å². The van der Waals surface area contributed by atoms with E-state index in [1.165, 1.54) is 0 Å². The molecule has 0 bridgehead atoms. The van der Waals surface area contributed by atoms with Gasteiger partial charge in [0.15, 0.2) is 5.40 Å². The maximum absolute atomic E-state index is 13.7. The van der Waals surface area contributed by atoms with Crippen molar-refractivity contribution >= 4 is 37.7 Å². The summed E-state index contributed by atoms with van der Waals surface area (Å²) in [4.78, 5) is 1.04. The predicted octanol–water partition coefficient (Wildman–Crippen LogP) is 6.06. The van der Waals surface area contributed by atoms with Crippen LogP contribution in [0.15, 0.2) is 29.2 Å². The number of thioether (sulfide) groups is 1. The number of rotatable bonds is 12. The molecule has 0 saturated heterocycles. The zero-order valence-electron chi connectivity index (χ0n) is 15.5. The van der Waals surface area contributed by atoms with Crippen molar-refractivity contribution in [2.75, 3.05) is 32.7 Å². The fourth-order valence-corrected chi connectivity index (χ4v) is 10.3.